The molecule has 0 radical (unpaired) electrons. The highest BCUT2D eigenvalue weighted by Crippen LogP contribution is 2.20. The number of nitrogens with one attached hydrogen (secondary N) is 1. The molecule has 5 nitrogen and oxygen atoms in total. The molecule has 1 atom stereocenters. The summed E-state index contributed by atoms with van der Waals surface area (Å²) >= 11 is 6.25. The molecule has 2 aromatic carbocycles. The Hall–Kier alpha value is -2.24. The van der Waals surface area contributed by atoms with E-state index in [-0.39, 0.29) is 6.54 Å². The Bertz CT molecular complexity index is 737. The average molecular weight is 376 g/mol. The summed E-state index contributed by atoms with van der Waals surface area (Å²) in [6, 6.07) is 15.1. The van der Waals surface area contributed by atoms with Gasteiger partial charge in [0.2, 0.25) is 0 Å². The first kappa shape index (κ1) is 20.1. The molecule has 0 heterocycles. The quantitative estimate of drug-likeness (QED) is 0.574. The van der Waals surface area contributed by atoms with Crippen LogP contribution in [-0.2, 0) is 6.54 Å². The number of ether oxygens (including phenoxy) is 1. The summed E-state index contributed by atoms with van der Waals surface area (Å²) in [5.74, 6) is 1.43. The van der Waals surface area contributed by atoms with Crippen molar-refractivity contribution >= 4 is 17.6 Å². The van der Waals surface area contributed by atoms with Crippen molar-refractivity contribution < 1.29 is 9.84 Å². The SMILES string of the molecule is CCNC(=NCC(O)c1cccc(OC)c1)N(C)Cc1ccccc1Cl. The predicted octanol–water partition coefficient (Wildman–Crippen LogP) is 3.48. The molecule has 0 aliphatic carbocycles. The Balaban J connectivity index is 2.08. The first-order valence-electron chi connectivity index (χ1n) is 8.60. The zero-order valence-corrected chi connectivity index (χ0v) is 16.2. The van der Waals surface area contributed by atoms with Gasteiger partial charge in [0.25, 0.3) is 0 Å². The maximum Gasteiger partial charge on any atom is 0.194 e. The van der Waals surface area contributed by atoms with E-state index in [4.69, 9.17) is 16.3 Å². The van der Waals surface area contributed by atoms with E-state index in [0.29, 0.717) is 12.3 Å². The number of nitrogens with zero attached hydrogens (tertiary/aromatic N) is 2. The molecule has 26 heavy (non-hydrogen) atoms. The number of methoxy groups -OCH3 is 1. The van der Waals surface area contributed by atoms with Crippen LogP contribution in [-0.4, -0.2) is 43.2 Å². The number of aliphatic hydroxyl groups excluding tert-OH is 1. The minimum absolute atomic E-state index is 0.252. The highest BCUT2D eigenvalue weighted by Gasteiger charge is 2.12. The fourth-order valence-electron chi connectivity index (χ4n) is 2.55. The number of guanidine groups is 1. The zero-order chi connectivity index (χ0) is 18.9. The molecule has 6 heteroatoms. The van der Waals surface area contributed by atoms with Crippen LogP contribution >= 0.6 is 11.6 Å². The van der Waals surface area contributed by atoms with Crippen LogP contribution < -0.4 is 10.1 Å². The second-order valence-corrected chi connectivity index (χ2v) is 6.34. The summed E-state index contributed by atoms with van der Waals surface area (Å²) in [6.07, 6.45) is -0.701. The van der Waals surface area contributed by atoms with Crippen molar-refractivity contribution in [2.75, 3.05) is 27.2 Å². The molecule has 1 unspecified atom stereocenters. The summed E-state index contributed by atoms with van der Waals surface area (Å²) < 4.78 is 5.20. The molecule has 0 saturated carbocycles. The van der Waals surface area contributed by atoms with Crippen molar-refractivity contribution in [1.29, 1.82) is 0 Å². The predicted molar refractivity (Wildman–Crippen MR) is 107 cm³/mol. The topological polar surface area (TPSA) is 57.1 Å². The number of halogens is 1. The van der Waals surface area contributed by atoms with Crippen molar-refractivity contribution in [3.63, 3.8) is 0 Å². The number of aliphatic imine (C=N–C) groups is 1. The molecule has 2 rings (SSSR count). The van der Waals surface area contributed by atoms with Crippen molar-refractivity contribution in [2.45, 2.75) is 19.6 Å². The number of hydrogen-bond acceptors (Lipinski definition) is 3. The summed E-state index contributed by atoms with van der Waals surface area (Å²) in [5.41, 5.74) is 1.80. The van der Waals surface area contributed by atoms with Gasteiger partial charge in [0.15, 0.2) is 5.96 Å². The molecule has 0 aliphatic rings. The van der Waals surface area contributed by atoms with Gasteiger partial charge in [0.05, 0.1) is 19.8 Å². The molecule has 2 aromatic rings. The lowest BCUT2D eigenvalue weighted by atomic mass is 10.1. The van der Waals surface area contributed by atoms with Crippen LogP contribution in [0.4, 0.5) is 0 Å². The third-order valence-corrected chi connectivity index (χ3v) is 4.32. The Morgan fingerprint density at radius 2 is 2.04 bits per heavy atom. The highest BCUT2D eigenvalue weighted by atomic mass is 35.5. The lowest BCUT2D eigenvalue weighted by molar-refractivity contribution is 0.186. The number of hydrogen-bond donors (Lipinski definition) is 2. The van der Waals surface area contributed by atoms with Crippen LogP contribution in [0.3, 0.4) is 0 Å². The van der Waals surface area contributed by atoms with E-state index in [2.05, 4.69) is 10.3 Å². The van der Waals surface area contributed by atoms with E-state index < -0.39 is 6.10 Å². The summed E-state index contributed by atoms with van der Waals surface area (Å²) in [7, 11) is 3.55. The molecule has 0 saturated heterocycles. The largest absolute Gasteiger partial charge is 0.497 e. The third kappa shape index (κ3) is 5.64. The smallest absolute Gasteiger partial charge is 0.194 e. The number of aliphatic hydroxyl groups is 1. The van der Waals surface area contributed by atoms with Gasteiger partial charge < -0.3 is 20.1 Å². The minimum atomic E-state index is -0.701. The number of rotatable bonds is 7. The highest BCUT2D eigenvalue weighted by molar-refractivity contribution is 6.31. The first-order valence-corrected chi connectivity index (χ1v) is 8.97. The lowest BCUT2D eigenvalue weighted by Crippen LogP contribution is -2.38. The first-order chi connectivity index (χ1) is 12.5. The van der Waals surface area contributed by atoms with E-state index >= 15 is 0 Å². The molecule has 0 fully saturated rings. The van der Waals surface area contributed by atoms with E-state index in [0.717, 1.165) is 28.7 Å². The van der Waals surface area contributed by atoms with Crippen LogP contribution in [0.5, 0.6) is 5.75 Å². The average Bonchev–Trinajstić information content (AvgIpc) is 2.66. The van der Waals surface area contributed by atoms with E-state index in [1.54, 1.807) is 7.11 Å². The molecule has 0 aliphatic heterocycles. The van der Waals surface area contributed by atoms with E-state index in [1.807, 2.05) is 67.4 Å². The van der Waals surface area contributed by atoms with Gasteiger partial charge in [-0.15, -0.1) is 0 Å². The normalized spacial score (nSPS) is 12.6. The number of benzene rings is 2. The van der Waals surface area contributed by atoms with Crippen LogP contribution in [0.2, 0.25) is 5.02 Å². The van der Waals surface area contributed by atoms with Gasteiger partial charge in [0, 0.05) is 25.2 Å². The van der Waals surface area contributed by atoms with E-state index in [9.17, 15) is 5.11 Å². The van der Waals surface area contributed by atoms with Crippen molar-refractivity contribution in [3.05, 3.63) is 64.7 Å². The second-order valence-electron chi connectivity index (χ2n) is 5.93. The van der Waals surface area contributed by atoms with Gasteiger partial charge in [-0.2, -0.15) is 0 Å². The molecular formula is C20H26ClN3O2. The summed E-state index contributed by atoms with van der Waals surface area (Å²) in [6.45, 7) is 3.63. The van der Waals surface area contributed by atoms with Crippen molar-refractivity contribution in [2.24, 2.45) is 4.99 Å². The van der Waals surface area contributed by atoms with Gasteiger partial charge >= 0.3 is 0 Å². The van der Waals surface area contributed by atoms with E-state index in [1.165, 1.54) is 0 Å². The Labute approximate surface area is 160 Å². The fourth-order valence-corrected chi connectivity index (χ4v) is 2.75. The van der Waals surface area contributed by atoms with Crippen molar-refractivity contribution in [1.82, 2.24) is 10.2 Å². The van der Waals surface area contributed by atoms with Crippen LogP contribution in [0, 0.1) is 0 Å². The zero-order valence-electron chi connectivity index (χ0n) is 15.4. The maximum absolute atomic E-state index is 10.4. The van der Waals surface area contributed by atoms with Crippen LogP contribution in [0.15, 0.2) is 53.5 Å². The summed E-state index contributed by atoms with van der Waals surface area (Å²) in [5, 5.41) is 14.4. The fraction of sp³-hybridized carbons (Fsp3) is 0.350. The van der Waals surface area contributed by atoms with Gasteiger partial charge in [0.1, 0.15) is 5.75 Å². The lowest BCUT2D eigenvalue weighted by Gasteiger charge is -2.23. The second kappa shape index (κ2) is 10.0. The van der Waals surface area contributed by atoms with Gasteiger partial charge in [-0.05, 0) is 36.2 Å². The molecular weight excluding hydrogens is 350 g/mol. The van der Waals surface area contributed by atoms with Gasteiger partial charge in [-0.3, -0.25) is 4.99 Å². The molecule has 0 bridgehead atoms. The van der Waals surface area contributed by atoms with Gasteiger partial charge in [-0.1, -0.05) is 41.9 Å². The Morgan fingerprint density at radius 3 is 2.73 bits per heavy atom. The van der Waals surface area contributed by atoms with Crippen LogP contribution in [0.1, 0.15) is 24.2 Å². The third-order valence-electron chi connectivity index (χ3n) is 3.95. The Kier molecular flexibility index (Phi) is 7.75. The monoisotopic (exact) mass is 375 g/mol. The maximum atomic E-state index is 10.4. The Morgan fingerprint density at radius 1 is 1.27 bits per heavy atom. The van der Waals surface area contributed by atoms with Crippen LogP contribution in [0.25, 0.3) is 0 Å². The molecule has 2 N–H and O–H groups in total. The molecule has 0 spiro atoms. The summed E-state index contributed by atoms with van der Waals surface area (Å²) in [4.78, 5) is 6.56. The molecule has 0 aromatic heterocycles. The molecule has 140 valence electrons. The minimum Gasteiger partial charge on any atom is -0.497 e. The van der Waals surface area contributed by atoms with Gasteiger partial charge in [-0.25, -0.2) is 0 Å². The van der Waals surface area contributed by atoms with Crippen molar-refractivity contribution in [3.8, 4) is 5.75 Å². The molecule has 0 amide bonds. The standard InChI is InChI=1S/C20H26ClN3O2/c1-4-22-20(24(2)14-16-8-5-6-11-18(16)21)23-13-19(25)15-9-7-10-17(12-15)26-3/h5-12,19,25H,4,13-14H2,1-3H3,(H,22,23).